The monoisotopic (exact) mass is 264 g/mol. The Bertz CT molecular complexity index is 344. The Morgan fingerprint density at radius 2 is 2.00 bits per heavy atom. The van der Waals surface area contributed by atoms with Crippen molar-refractivity contribution in [2.24, 2.45) is 0 Å². The molecule has 4 nitrogen and oxygen atoms in total. The van der Waals surface area contributed by atoms with Crippen LogP contribution in [0.25, 0.3) is 0 Å². The number of halogens is 2. The van der Waals surface area contributed by atoms with Gasteiger partial charge in [0.2, 0.25) is 5.82 Å². The summed E-state index contributed by atoms with van der Waals surface area (Å²) in [6.07, 6.45) is 0. The molecule has 0 bridgehead atoms. The Morgan fingerprint density at radius 3 is 2.36 bits per heavy atom. The second-order valence-corrected chi connectivity index (χ2v) is 2.91. The van der Waals surface area contributed by atoms with Crippen molar-refractivity contribution in [3.63, 3.8) is 0 Å². The molecular formula is C8H10BrFN2O2. The van der Waals surface area contributed by atoms with Crippen LogP contribution in [0, 0.1) is 15.9 Å². The smallest absolute Gasteiger partial charge is 0.328 e. The molecule has 1 aromatic rings. The molecule has 6 heteroatoms. The molecule has 0 radical (unpaired) electrons. The number of nitro groups is 1. The van der Waals surface area contributed by atoms with Crippen molar-refractivity contribution in [2.45, 2.75) is 13.8 Å². The molecule has 0 aliphatic rings. The van der Waals surface area contributed by atoms with Crippen molar-refractivity contribution >= 4 is 27.3 Å². The molecule has 1 rings (SSSR count). The summed E-state index contributed by atoms with van der Waals surface area (Å²) in [6.45, 7) is 4.00. The first-order valence-corrected chi connectivity index (χ1v) is 4.71. The fourth-order valence-electron chi connectivity index (χ4n) is 0.740. The Morgan fingerprint density at radius 1 is 1.50 bits per heavy atom. The Balaban J connectivity index is 0.000000791. The summed E-state index contributed by atoms with van der Waals surface area (Å²) in [4.78, 5) is 9.41. The quantitative estimate of drug-likeness (QED) is 0.482. The van der Waals surface area contributed by atoms with Crippen molar-refractivity contribution in [3.05, 3.63) is 32.5 Å². The number of benzene rings is 1. The highest BCUT2D eigenvalue weighted by Crippen LogP contribution is 2.30. The maximum absolute atomic E-state index is 12.9. The van der Waals surface area contributed by atoms with Crippen LogP contribution < -0.4 is 5.73 Å². The topological polar surface area (TPSA) is 69.2 Å². The first kappa shape index (κ1) is 12.8. The van der Waals surface area contributed by atoms with E-state index in [1.54, 1.807) is 0 Å². The van der Waals surface area contributed by atoms with Gasteiger partial charge in [-0.25, -0.2) is 0 Å². The van der Waals surface area contributed by atoms with Gasteiger partial charge in [-0.15, -0.1) is 0 Å². The minimum atomic E-state index is -0.944. The third-order valence-corrected chi connectivity index (χ3v) is 1.90. The minimum Gasteiger partial charge on any atom is -0.393 e. The molecule has 0 unspecified atom stereocenters. The number of rotatable bonds is 1. The van der Waals surface area contributed by atoms with Gasteiger partial charge < -0.3 is 5.73 Å². The first-order valence-electron chi connectivity index (χ1n) is 3.92. The van der Waals surface area contributed by atoms with Crippen molar-refractivity contribution in [2.75, 3.05) is 5.73 Å². The lowest BCUT2D eigenvalue weighted by molar-refractivity contribution is -0.386. The van der Waals surface area contributed by atoms with Crippen LogP contribution in [-0.4, -0.2) is 4.92 Å². The van der Waals surface area contributed by atoms with Gasteiger partial charge >= 0.3 is 5.69 Å². The number of hydrogen-bond acceptors (Lipinski definition) is 3. The van der Waals surface area contributed by atoms with E-state index in [-0.39, 0.29) is 10.2 Å². The maximum Gasteiger partial charge on any atom is 0.328 e. The summed E-state index contributed by atoms with van der Waals surface area (Å²) in [5, 5.41) is 10.3. The summed E-state index contributed by atoms with van der Waals surface area (Å²) >= 11 is 2.81. The van der Waals surface area contributed by atoms with Crippen molar-refractivity contribution < 1.29 is 9.31 Å². The van der Waals surface area contributed by atoms with Crippen LogP contribution in [0.3, 0.4) is 0 Å². The minimum absolute atomic E-state index is 0.0309. The van der Waals surface area contributed by atoms with E-state index in [4.69, 9.17) is 5.73 Å². The van der Waals surface area contributed by atoms with Gasteiger partial charge in [0.15, 0.2) is 0 Å². The highest BCUT2D eigenvalue weighted by molar-refractivity contribution is 9.10. The summed E-state index contributed by atoms with van der Waals surface area (Å²) < 4.78 is 13.0. The number of hydrogen-bond donors (Lipinski definition) is 1. The first-order chi connectivity index (χ1) is 6.54. The third kappa shape index (κ3) is 2.66. The number of nitro benzene ring substituents is 1. The number of nitrogen functional groups attached to an aromatic ring is 1. The highest BCUT2D eigenvalue weighted by atomic mass is 79.9. The summed E-state index contributed by atoms with van der Waals surface area (Å²) in [6, 6.07) is 2.59. The molecule has 0 saturated carbocycles. The van der Waals surface area contributed by atoms with Gasteiger partial charge in [0.25, 0.3) is 0 Å². The van der Waals surface area contributed by atoms with Crippen LogP contribution in [-0.2, 0) is 0 Å². The van der Waals surface area contributed by atoms with Crippen molar-refractivity contribution in [3.8, 4) is 0 Å². The van der Waals surface area contributed by atoms with Gasteiger partial charge in [0.1, 0.15) is 5.69 Å². The molecular weight excluding hydrogens is 255 g/mol. The standard InChI is InChI=1S/C6H4BrFN2O2.C2H6/c7-3-1-2-4(9)6(5(3)8)10(11)12;1-2/h1-2H,9H2;1-2H3. The molecule has 0 aromatic heterocycles. The second-order valence-electron chi connectivity index (χ2n) is 2.06. The van der Waals surface area contributed by atoms with E-state index in [0.717, 1.165) is 0 Å². The second kappa shape index (κ2) is 5.54. The van der Waals surface area contributed by atoms with E-state index in [2.05, 4.69) is 15.9 Å². The molecule has 1 aromatic carbocycles. The molecule has 0 heterocycles. The van der Waals surface area contributed by atoms with E-state index < -0.39 is 16.4 Å². The molecule has 78 valence electrons. The lowest BCUT2D eigenvalue weighted by atomic mass is 10.2. The molecule has 0 saturated heterocycles. The van der Waals surface area contributed by atoms with Crippen LogP contribution in [0.2, 0.25) is 0 Å². The zero-order valence-corrected chi connectivity index (χ0v) is 9.34. The predicted molar refractivity (Wildman–Crippen MR) is 56.5 cm³/mol. The van der Waals surface area contributed by atoms with Crippen LogP contribution in [0.4, 0.5) is 15.8 Å². The van der Waals surface area contributed by atoms with Gasteiger partial charge in [-0.2, -0.15) is 4.39 Å². The van der Waals surface area contributed by atoms with Crippen LogP contribution in [0.1, 0.15) is 13.8 Å². The Kier molecular flexibility index (Phi) is 5.07. The highest BCUT2D eigenvalue weighted by Gasteiger charge is 2.20. The molecule has 14 heavy (non-hydrogen) atoms. The lowest BCUT2D eigenvalue weighted by Gasteiger charge is -1.98. The van der Waals surface area contributed by atoms with Crippen molar-refractivity contribution in [1.82, 2.24) is 0 Å². The Labute approximate surface area is 89.2 Å². The maximum atomic E-state index is 12.9. The SMILES string of the molecule is CC.Nc1ccc(Br)c(F)c1[N+](=O)[O-]. The number of anilines is 1. The van der Waals surface area contributed by atoms with Crippen molar-refractivity contribution in [1.29, 1.82) is 0 Å². The fraction of sp³-hybridized carbons (Fsp3) is 0.250. The third-order valence-electron chi connectivity index (χ3n) is 1.28. The zero-order valence-electron chi connectivity index (χ0n) is 7.75. The largest absolute Gasteiger partial charge is 0.393 e. The molecule has 2 N–H and O–H groups in total. The lowest BCUT2D eigenvalue weighted by Crippen LogP contribution is -1.98. The average Bonchev–Trinajstić information content (AvgIpc) is 2.15. The molecule has 0 fully saturated rings. The van der Waals surface area contributed by atoms with E-state index in [0.29, 0.717) is 0 Å². The fourth-order valence-corrected chi connectivity index (χ4v) is 1.06. The van der Waals surface area contributed by atoms with Gasteiger partial charge in [-0.1, -0.05) is 13.8 Å². The summed E-state index contributed by atoms with van der Waals surface area (Å²) in [5.41, 5.74) is 4.32. The van der Waals surface area contributed by atoms with E-state index >= 15 is 0 Å². The van der Waals surface area contributed by atoms with Gasteiger partial charge in [0.05, 0.1) is 9.40 Å². The predicted octanol–water partition coefficient (Wildman–Crippen LogP) is 3.10. The van der Waals surface area contributed by atoms with Gasteiger partial charge in [0, 0.05) is 0 Å². The van der Waals surface area contributed by atoms with Gasteiger partial charge in [-0.3, -0.25) is 10.1 Å². The van der Waals surface area contributed by atoms with Crippen LogP contribution in [0.15, 0.2) is 16.6 Å². The molecule has 0 aliphatic carbocycles. The average molecular weight is 265 g/mol. The number of nitrogens with zero attached hydrogens (tertiary/aromatic N) is 1. The van der Waals surface area contributed by atoms with E-state index in [1.807, 2.05) is 13.8 Å². The van der Waals surface area contributed by atoms with E-state index in [9.17, 15) is 14.5 Å². The van der Waals surface area contributed by atoms with Crippen LogP contribution in [0.5, 0.6) is 0 Å². The van der Waals surface area contributed by atoms with Gasteiger partial charge in [-0.05, 0) is 28.1 Å². The molecule has 0 amide bonds. The number of nitrogens with two attached hydrogens (primary N) is 1. The normalized spacial score (nSPS) is 8.86. The van der Waals surface area contributed by atoms with Crippen LogP contribution >= 0.6 is 15.9 Å². The van der Waals surface area contributed by atoms with E-state index in [1.165, 1.54) is 12.1 Å². The zero-order chi connectivity index (χ0) is 11.3. The molecule has 0 atom stereocenters. The summed E-state index contributed by atoms with van der Waals surface area (Å²) in [7, 11) is 0. The Hall–Kier alpha value is -1.17. The molecule has 0 aliphatic heterocycles. The summed E-state index contributed by atoms with van der Waals surface area (Å²) in [5.74, 6) is -0.944. The molecule has 0 spiro atoms.